The van der Waals surface area contributed by atoms with E-state index in [1.807, 2.05) is 0 Å². The van der Waals surface area contributed by atoms with Crippen LogP contribution in [0.3, 0.4) is 0 Å². The zero-order valence-corrected chi connectivity index (χ0v) is 7.42. The summed E-state index contributed by atoms with van der Waals surface area (Å²) in [4.78, 5) is 0. The minimum absolute atomic E-state index is 0.520. The molecule has 4 atom stereocenters. The van der Waals surface area contributed by atoms with Gasteiger partial charge in [0.25, 0.3) is 0 Å². The van der Waals surface area contributed by atoms with Gasteiger partial charge in [-0.1, -0.05) is 19.8 Å². The first-order valence-corrected chi connectivity index (χ1v) is 5.03. The average Bonchev–Trinajstić information content (AvgIpc) is 2.01. The maximum absolute atomic E-state index is 6.13. The summed E-state index contributed by atoms with van der Waals surface area (Å²) in [6.07, 6.45) is 7.16. The Hall–Kier alpha value is -0.0400. The Morgan fingerprint density at radius 1 is 1.18 bits per heavy atom. The molecule has 64 valence electrons. The Balaban J connectivity index is 2.05. The van der Waals surface area contributed by atoms with Crippen molar-refractivity contribution in [2.24, 2.45) is 23.5 Å². The quantitative estimate of drug-likeness (QED) is 0.567. The molecule has 2 N–H and O–H groups in total. The van der Waals surface area contributed by atoms with Gasteiger partial charge in [-0.05, 0) is 37.0 Å². The Kier molecular flexibility index (Phi) is 1.92. The highest BCUT2D eigenvalue weighted by molar-refractivity contribution is 4.89. The van der Waals surface area contributed by atoms with Gasteiger partial charge >= 0.3 is 0 Å². The minimum atomic E-state index is 0.520. The summed E-state index contributed by atoms with van der Waals surface area (Å²) in [5.74, 6) is 2.69. The smallest absolute Gasteiger partial charge is 0.00932 e. The van der Waals surface area contributed by atoms with Crippen LogP contribution in [-0.4, -0.2) is 6.04 Å². The Labute approximate surface area is 69.4 Å². The van der Waals surface area contributed by atoms with E-state index in [1.54, 1.807) is 0 Å². The van der Waals surface area contributed by atoms with Crippen molar-refractivity contribution in [3.63, 3.8) is 0 Å². The van der Waals surface area contributed by atoms with Gasteiger partial charge in [0.15, 0.2) is 0 Å². The molecular weight excluding hydrogens is 134 g/mol. The van der Waals surface area contributed by atoms with Crippen LogP contribution in [0.5, 0.6) is 0 Å². The van der Waals surface area contributed by atoms with Gasteiger partial charge in [-0.2, -0.15) is 0 Å². The number of rotatable bonds is 0. The molecule has 2 bridgehead atoms. The highest BCUT2D eigenvalue weighted by Crippen LogP contribution is 2.41. The molecule has 0 spiro atoms. The molecule has 4 unspecified atom stereocenters. The van der Waals surface area contributed by atoms with E-state index in [0.717, 1.165) is 17.8 Å². The van der Waals surface area contributed by atoms with E-state index in [1.165, 1.54) is 32.1 Å². The molecule has 0 aromatic carbocycles. The number of hydrogen-bond donors (Lipinski definition) is 1. The van der Waals surface area contributed by atoms with E-state index in [-0.39, 0.29) is 0 Å². The zero-order chi connectivity index (χ0) is 7.84. The molecule has 0 heterocycles. The SMILES string of the molecule is CC1CC2CCCC(C2)C1N. The molecule has 0 aromatic heterocycles. The fourth-order valence-corrected chi connectivity index (χ4v) is 3.04. The molecule has 1 nitrogen and oxygen atoms in total. The molecule has 0 aromatic rings. The summed E-state index contributed by atoms with van der Waals surface area (Å²) < 4.78 is 0. The van der Waals surface area contributed by atoms with Crippen LogP contribution in [0.25, 0.3) is 0 Å². The van der Waals surface area contributed by atoms with E-state index in [0.29, 0.717) is 6.04 Å². The molecule has 1 heteroatoms. The number of nitrogens with two attached hydrogens (primary N) is 1. The molecule has 2 saturated carbocycles. The van der Waals surface area contributed by atoms with E-state index >= 15 is 0 Å². The van der Waals surface area contributed by atoms with Gasteiger partial charge in [-0.25, -0.2) is 0 Å². The third kappa shape index (κ3) is 1.31. The Morgan fingerprint density at radius 3 is 2.82 bits per heavy atom. The molecule has 0 saturated heterocycles. The van der Waals surface area contributed by atoms with Crippen LogP contribution in [0.4, 0.5) is 0 Å². The second-order valence-electron chi connectivity index (χ2n) is 4.58. The first-order valence-electron chi connectivity index (χ1n) is 5.03. The maximum Gasteiger partial charge on any atom is 0.00932 e. The molecule has 0 amide bonds. The van der Waals surface area contributed by atoms with Crippen molar-refractivity contribution in [1.29, 1.82) is 0 Å². The lowest BCUT2D eigenvalue weighted by Gasteiger charge is -2.42. The predicted octanol–water partition coefficient (Wildman–Crippen LogP) is 2.16. The summed E-state index contributed by atoms with van der Waals surface area (Å²) in [6.45, 7) is 2.33. The van der Waals surface area contributed by atoms with Crippen LogP contribution < -0.4 is 5.73 Å². The summed E-state index contributed by atoms with van der Waals surface area (Å²) in [7, 11) is 0. The van der Waals surface area contributed by atoms with Crippen molar-refractivity contribution in [3.05, 3.63) is 0 Å². The molecule has 11 heavy (non-hydrogen) atoms. The molecule has 0 radical (unpaired) electrons. The lowest BCUT2D eigenvalue weighted by atomic mass is 9.66. The summed E-state index contributed by atoms with van der Waals surface area (Å²) in [6, 6.07) is 0.520. The Morgan fingerprint density at radius 2 is 2.00 bits per heavy atom. The van der Waals surface area contributed by atoms with Crippen molar-refractivity contribution in [2.45, 2.75) is 45.1 Å². The summed E-state index contributed by atoms with van der Waals surface area (Å²) in [5, 5.41) is 0. The number of fused-ring (bicyclic) bond motifs is 2. The normalized spacial score (nSPS) is 50.7. The standard InChI is InChI=1S/C10H19N/c1-7-5-8-3-2-4-9(6-8)10(7)11/h7-10H,2-6,11H2,1H3. The fraction of sp³-hybridized carbons (Fsp3) is 1.00. The van der Waals surface area contributed by atoms with Gasteiger partial charge in [0.2, 0.25) is 0 Å². The van der Waals surface area contributed by atoms with Crippen LogP contribution >= 0.6 is 0 Å². The van der Waals surface area contributed by atoms with E-state index < -0.39 is 0 Å². The van der Waals surface area contributed by atoms with E-state index in [2.05, 4.69) is 6.92 Å². The molecule has 0 aliphatic heterocycles. The van der Waals surface area contributed by atoms with Gasteiger partial charge < -0.3 is 5.73 Å². The van der Waals surface area contributed by atoms with Crippen LogP contribution in [0.15, 0.2) is 0 Å². The molecule has 2 aliphatic carbocycles. The van der Waals surface area contributed by atoms with Crippen LogP contribution in [0.2, 0.25) is 0 Å². The third-order valence-corrected chi connectivity index (χ3v) is 3.73. The van der Waals surface area contributed by atoms with Crippen molar-refractivity contribution in [1.82, 2.24) is 0 Å². The van der Waals surface area contributed by atoms with Gasteiger partial charge in [0, 0.05) is 6.04 Å². The van der Waals surface area contributed by atoms with Gasteiger partial charge in [-0.3, -0.25) is 0 Å². The highest BCUT2D eigenvalue weighted by atomic mass is 14.7. The molecule has 2 fully saturated rings. The number of hydrogen-bond acceptors (Lipinski definition) is 1. The topological polar surface area (TPSA) is 26.0 Å². The first kappa shape index (κ1) is 7.60. The van der Waals surface area contributed by atoms with Crippen LogP contribution in [0, 0.1) is 17.8 Å². The fourth-order valence-electron chi connectivity index (χ4n) is 3.04. The lowest BCUT2D eigenvalue weighted by molar-refractivity contribution is 0.119. The Bertz CT molecular complexity index is 142. The molecular formula is C10H19N. The van der Waals surface area contributed by atoms with Crippen molar-refractivity contribution < 1.29 is 0 Å². The largest absolute Gasteiger partial charge is 0.327 e. The van der Waals surface area contributed by atoms with Crippen LogP contribution in [-0.2, 0) is 0 Å². The van der Waals surface area contributed by atoms with Gasteiger partial charge in [0.05, 0.1) is 0 Å². The predicted molar refractivity (Wildman–Crippen MR) is 47.2 cm³/mol. The molecule has 2 rings (SSSR count). The van der Waals surface area contributed by atoms with Gasteiger partial charge in [-0.15, -0.1) is 0 Å². The third-order valence-electron chi connectivity index (χ3n) is 3.73. The van der Waals surface area contributed by atoms with E-state index in [9.17, 15) is 0 Å². The second-order valence-corrected chi connectivity index (χ2v) is 4.58. The summed E-state index contributed by atoms with van der Waals surface area (Å²) >= 11 is 0. The lowest BCUT2D eigenvalue weighted by Crippen LogP contribution is -2.44. The monoisotopic (exact) mass is 153 g/mol. The van der Waals surface area contributed by atoms with Crippen LogP contribution in [0.1, 0.15) is 39.0 Å². The van der Waals surface area contributed by atoms with E-state index in [4.69, 9.17) is 5.73 Å². The molecule has 2 aliphatic rings. The highest BCUT2D eigenvalue weighted by Gasteiger charge is 2.35. The first-order chi connectivity index (χ1) is 5.27. The maximum atomic E-state index is 6.13. The zero-order valence-electron chi connectivity index (χ0n) is 7.42. The van der Waals surface area contributed by atoms with Crippen molar-refractivity contribution >= 4 is 0 Å². The average molecular weight is 153 g/mol. The van der Waals surface area contributed by atoms with Gasteiger partial charge in [0.1, 0.15) is 0 Å². The van der Waals surface area contributed by atoms with Crippen molar-refractivity contribution in [2.75, 3.05) is 0 Å². The second kappa shape index (κ2) is 2.78. The summed E-state index contributed by atoms with van der Waals surface area (Å²) in [5.41, 5.74) is 6.13. The minimum Gasteiger partial charge on any atom is -0.327 e. The van der Waals surface area contributed by atoms with Crippen molar-refractivity contribution in [3.8, 4) is 0 Å².